The zero-order valence-corrected chi connectivity index (χ0v) is 16.8. The number of carbonyl (C=O) groups is 3. The second-order valence-corrected chi connectivity index (χ2v) is 7.41. The molecule has 0 saturated carbocycles. The molecular formula is C17H22Cl2N2O5. The summed E-state index contributed by atoms with van der Waals surface area (Å²) in [6, 6.07) is 2.67. The number of amides is 2. The van der Waals surface area contributed by atoms with E-state index in [1.54, 1.807) is 0 Å². The van der Waals surface area contributed by atoms with Gasteiger partial charge in [0.2, 0.25) is 5.91 Å². The number of hydrogen-bond acceptors (Lipinski definition) is 5. The molecule has 0 heterocycles. The first-order valence-corrected chi connectivity index (χ1v) is 8.45. The Morgan fingerprint density at radius 3 is 2.15 bits per heavy atom. The topological polar surface area (TPSA) is 84.9 Å². The van der Waals surface area contributed by atoms with Gasteiger partial charge in [0.25, 0.3) is 5.91 Å². The second kappa shape index (κ2) is 9.09. The van der Waals surface area contributed by atoms with E-state index in [1.165, 1.54) is 31.2 Å². The molecule has 144 valence electrons. The number of halogens is 2. The van der Waals surface area contributed by atoms with E-state index in [0.29, 0.717) is 0 Å². The standard InChI is InChI=1S/C17H22Cl2N2O5/c1-17(2,3)20-13(22)8-21(4)14(23)9-26-16(24)10-6-11(18)15(25-5)12(19)7-10/h6-7H,8-9H2,1-5H3,(H,20,22). The lowest BCUT2D eigenvalue weighted by Crippen LogP contribution is -2.46. The van der Waals surface area contributed by atoms with Crippen molar-refractivity contribution in [3.8, 4) is 5.75 Å². The molecule has 26 heavy (non-hydrogen) atoms. The Labute approximate surface area is 162 Å². The van der Waals surface area contributed by atoms with E-state index >= 15 is 0 Å². The monoisotopic (exact) mass is 404 g/mol. The van der Waals surface area contributed by atoms with E-state index in [0.717, 1.165) is 0 Å². The van der Waals surface area contributed by atoms with Gasteiger partial charge in [-0.3, -0.25) is 9.59 Å². The molecule has 1 N–H and O–H groups in total. The summed E-state index contributed by atoms with van der Waals surface area (Å²) in [5, 5.41) is 3.03. The summed E-state index contributed by atoms with van der Waals surface area (Å²) >= 11 is 11.9. The molecule has 0 atom stereocenters. The van der Waals surface area contributed by atoms with Crippen LogP contribution in [0.1, 0.15) is 31.1 Å². The van der Waals surface area contributed by atoms with Gasteiger partial charge in [-0.1, -0.05) is 23.2 Å². The van der Waals surface area contributed by atoms with Crippen LogP contribution < -0.4 is 10.1 Å². The first-order chi connectivity index (χ1) is 11.9. The van der Waals surface area contributed by atoms with E-state index in [-0.39, 0.29) is 33.8 Å². The van der Waals surface area contributed by atoms with Crippen molar-refractivity contribution in [2.75, 3.05) is 27.3 Å². The predicted octanol–water partition coefficient (Wildman–Crippen LogP) is 2.53. The summed E-state index contributed by atoms with van der Waals surface area (Å²) in [7, 11) is 2.84. The van der Waals surface area contributed by atoms with Crippen molar-refractivity contribution < 1.29 is 23.9 Å². The van der Waals surface area contributed by atoms with Crippen LogP contribution >= 0.6 is 23.2 Å². The van der Waals surface area contributed by atoms with Gasteiger partial charge < -0.3 is 19.7 Å². The Morgan fingerprint density at radius 2 is 1.69 bits per heavy atom. The summed E-state index contributed by atoms with van der Waals surface area (Å²) in [5.41, 5.74) is -0.318. The number of nitrogens with one attached hydrogen (secondary N) is 1. The maximum atomic E-state index is 12.1. The number of nitrogens with zero attached hydrogens (tertiary/aromatic N) is 1. The van der Waals surface area contributed by atoms with Crippen molar-refractivity contribution in [2.24, 2.45) is 0 Å². The number of carbonyl (C=O) groups excluding carboxylic acids is 3. The number of methoxy groups -OCH3 is 1. The molecule has 7 nitrogen and oxygen atoms in total. The number of ether oxygens (including phenoxy) is 2. The molecule has 0 aliphatic carbocycles. The highest BCUT2D eigenvalue weighted by molar-refractivity contribution is 6.37. The SMILES string of the molecule is COc1c(Cl)cc(C(=O)OCC(=O)N(C)CC(=O)NC(C)(C)C)cc1Cl. The van der Waals surface area contributed by atoms with Crippen molar-refractivity contribution in [3.63, 3.8) is 0 Å². The first-order valence-electron chi connectivity index (χ1n) is 7.69. The number of rotatable bonds is 6. The Kier molecular flexibility index (Phi) is 7.71. The lowest BCUT2D eigenvalue weighted by atomic mass is 10.1. The van der Waals surface area contributed by atoms with E-state index in [4.69, 9.17) is 32.7 Å². The van der Waals surface area contributed by atoms with E-state index in [9.17, 15) is 14.4 Å². The molecule has 0 saturated heterocycles. The molecule has 0 fully saturated rings. The zero-order chi connectivity index (χ0) is 20.1. The number of hydrogen-bond donors (Lipinski definition) is 1. The van der Waals surface area contributed by atoms with Crippen LogP contribution in [0.3, 0.4) is 0 Å². The van der Waals surface area contributed by atoms with Crippen molar-refractivity contribution in [2.45, 2.75) is 26.3 Å². The fraction of sp³-hybridized carbons (Fsp3) is 0.471. The van der Waals surface area contributed by atoms with Gasteiger partial charge in [-0.2, -0.15) is 0 Å². The van der Waals surface area contributed by atoms with Gasteiger partial charge in [-0.15, -0.1) is 0 Å². The third-order valence-corrected chi connectivity index (χ3v) is 3.65. The third-order valence-electron chi connectivity index (χ3n) is 3.09. The molecule has 1 aromatic carbocycles. The predicted molar refractivity (Wildman–Crippen MR) is 98.8 cm³/mol. The van der Waals surface area contributed by atoms with Gasteiger partial charge >= 0.3 is 5.97 Å². The summed E-state index contributed by atoms with van der Waals surface area (Å²) in [4.78, 5) is 37.0. The quantitative estimate of drug-likeness (QED) is 0.736. The molecule has 0 aliphatic heterocycles. The van der Waals surface area contributed by atoms with Crippen LogP contribution in [0.15, 0.2) is 12.1 Å². The molecule has 0 spiro atoms. The first kappa shape index (κ1) is 22.1. The highest BCUT2D eigenvalue weighted by Gasteiger charge is 2.20. The molecule has 2 amide bonds. The summed E-state index contributed by atoms with van der Waals surface area (Å²) in [5.74, 6) is -1.36. The molecule has 0 bridgehead atoms. The largest absolute Gasteiger partial charge is 0.494 e. The van der Waals surface area contributed by atoms with Crippen molar-refractivity contribution in [1.82, 2.24) is 10.2 Å². The minimum absolute atomic E-state index is 0.0849. The molecule has 0 unspecified atom stereocenters. The van der Waals surface area contributed by atoms with Gasteiger partial charge in [0.05, 0.1) is 29.3 Å². The Balaban J connectivity index is 2.61. The average Bonchev–Trinajstić information content (AvgIpc) is 2.49. The van der Waals surface area contributed by atoms with E-state index < -0.39 is 24.0 Å². The van der Waals surface area contributed by atoms with Crippen LogP contribution in [-0.4, -0.2) is 55.5 Å². The number of esters is 1. The fourth-order valence-electron chi connectivity index (χ4n) is 1.95. The summed E-state index contributed by atoms with van der Waals surface area (Å²) in [6.45, 7) is 4.84. The molecular weight excluding hydrogens is 383 g/mol. The summed E-state index contributed by atoms with van der Waals surface area (Å²) in [6.07, 6.45) is 0. The van der Waals surface area contributed by atoms with Crippen LogP contribution in [-0.2, 0) is 14.3 Å². The molecule has 9 heteroatoms. The lowest BCUT2D eigenvalue weighted by molar-refractivity contribution is -0.137. The van der Waals surface area contributed by atoms with Gasteiger partial charge in [-0.25, -0.2) is 4.79 Å². The van der Waals surface area contributed by atoms with Crippen molar-refractivity contribution in [3.05, 3.63) is 27.7 Å². The average molecular weight is 405 g/mol. The fourth-order valence-corrected chi connectivity index (χ4v) is 2.60. The lowest BCUT2D eigenvalue weighted by Gasteiger charge is -2.23. The number of likely N-dealkylation sites (N-methyl/N-ethyl adjacent to an activating group) is 1. The van der Waals surface area contributed by atoms with Gasteiger partial charge in [0, 0.05) is 12.6 Å². The maximum Gasteiger partial charge on any atom is 0.338 e. The van der Waals surface area contributed by atoms with Gasteiger partial charge in [0.15, 0.2) is 12.4 Å². The number of benzene rings is 1. The molecule has 0 aliphatic rings. The van der Waals surface area contributed by atoms with Crippen molar-refractivity contribution >= 4 is 41.0 Å². The minimum Gasteiger partial charge on any atom is -0.494 e. The van der Waals surface area contributed by atoms with Crippen LogP contribution in [0.25, 0.3) is 0 Å². The maximum absolute atomic E-state index is 12.1. The zero-order valence-electron chi connectivity index (χ0n) is 15.3. The van der Waals surface area contributed by atoms with Crippen LogP contribution in [0.2, 0.25) is 10.0 Å². The summed E-state index contributed by atoms with van der Waals surface area (Å²) < 4.78 is 9.95. The Morgan fingerprint density at radius 1 is 1.15 bits per heavy atom. The van der Waals surface area contributed by atoms with Crippen LogP contribution in [0.4, 0.5) is 0 Å². The molecule has 0 aromatic heterocycles. The Hall–Kier alpha value is -1.99. The normalized spacial score (nSPS) is 10.9. The highest BCUT2D eigenvalue weighted by atomic mass is 35.5. The van der Waals surface area contributed by atoms with Gasteiger partial charge in [-0.05, 0) is 32.9 Å². The van der Waals surface area contributed by atoms with E-state index in [1.807, 2.05) is 20.8 Å². The van der Waals surface area contributed by atoms with Crippen molar-refractivity contribution in [1.29, 1.82) is 0 Å². The second-order valence-electron chi connectivity index (χ2n) is 6.60. The third kappa shape index (κ3) is 6.72. The molecule has 1 rings (SSSR count). The van der Waals surface area contributed by atoms with Crippen LogP contribution in [0, 0.1) is 0 Å². The van der Waals surface area contributed by atoms with Gasteiger partial charge in [0.1, 0.15) is 0 Å². The molecule has 0 radical (unpaired) electrons. The minimum atomic E-state index is -0.766. The van der Waals surface area contributed by atoms with Crippen LogP contribution in [0.5, 0.6) is 5.75 Å². The van der Waals surface area contributed by atoms with E-state index in [2.05, 4.69) is 5.32 Å². The highest BCUT2D eigenvalue weighted by Crippen LogP contribution is 2.33. The Bertz CT molecular complexity index is 678. The molecule has 1 aromatic rings. The smallest absolute Gasteiger partial charge is 0.338 e.